The van der Waals surface area contributed by atoms with Crippen molar-refractivity contribution in [2.45, 2.75) is 25.8 Å². The molecule has 3 atom stereocenters. The smallest absolute Gasteiger partial charge is 0.223 e. The first-order valence-corrected chi connectivity index (χ1v) is 7.29. The Labute approximate surface area is 114 Å². The molecule has 3 rings (SSSR count). The molecule has 102 valence electrons. The standard InChI is InChI=1S/C16H22N2O/c1-11(14-9-17-10-14)16(19)18-15-8-13(15)7-12-5-3-2-4-6-12/h2-6,11,13-15,17H,7-10H2,1H3,(H,18,19). The molecule has 1 saturated heterocycles. The molecule has 0 spiro atoms. The van der Waals surface area contributed by atoms with Crippen LogP contribution in [0.5, 0.6) is 0 Å². The van der Waals surface area contributed by atoms with Gasteiger partial charge in [0.15, 0.2) is 0 Å². The largest absolute Gasteiger partial charge is 0.353 e. The van der Waals surface area contributed by atoms with Crippen LogP contribution in [0.2, 0.25) is 0 Å². The fraction of sp³-hybridized carbons (Fsp3) is 0.562. The molecule has 2 fully saturated rings. The van der Waals surface area contributed by atoms with Crippen LogP contribution in [-0.2, 0) is 11.2 Å². The van der Waals surface area contributed by atoms with Gasteiger partial charge in [-0.25, -0.2) is 0 Å². The molecule has 1 aromatic rings. The Balaban J connectivity index is 1.44. The van der Waals surface area contributed by atoms with Crippen LogP contribution >= 0.6 is 0 Å². The van der Waals surface area contributed by atoms with Crippen molar-refractivity contribution in [3.8, 4) is 0 Å². The maximum Gasteiger partial charge on any atom is 0.223 e. The molecule has 1 amide bonds. The Morgan fingerprint density at radius 1 is 1.37 bits per heavy atom. The summed E-state index contributed by atoms with van der Waals surface area (Å²) < 4.78 is 0. The molecule has 1 saturated carbocycles. The van der Waals surface area contributed by atoms with Crippen molar-refractivity contribution in [3.05, 3.63) is 35.9 Å². The number of nitrogens with one attached hydrogen (secondary N) is 2. The summed E-state index contributed by atoms with van der Waals surface area (Å²) >= 11 is 0. The SMILES string of the molecule is CC(C(=O)NC1CC1Cc1ccccc1)C1CNC1. The highest BCUT2D eigenvalue weighted by molar-refractivity contribution is 5.79. The Kier molecular flexibility index (Phi) is 3.56. The zero-order valence-electron chi connectivity index (χ0n) is 11.4. The maximum atomic E-state index is 12.1. The van der Waals surface area contributed by atoms with Crippen LogP contribution in [-0.4, -0.2) is 25.0 Å². The average molecular weight is 258 g/mol. The minimum atomic E-state index is 0.152. The lowest BCUT2D eigenvalue weighted by molar-refractivity contribution is -0.126. The Morgan fingerprint density at radius 3 is 2.74 bits per heavy atom. The van der Waals surface area contributed by atoms with Gasteiger partial charge >= 0.3 is 0 Å². The van der Waals surface area contributed by atoms with Crippen LogP contribution in [0, 0.1) is 17.8 Å². The van der Waals surface area contributed by atoms with Crippen molar-refractivity contribution >= 4 is 5.91 Å². The molecule has 1 aliphatic heterocycles. The highest BCUT2D eigenvalue weighted by Gasteiger charge is 2.39. The van der Waals surface area contributed by atoms with Gasteiger partial charge < -0.3 is 10.6 Å². The highest BCUT2D eigenvalue weighted by atomic mass is 16.2. The highest BCUT2D eigenvalue weighted by Crippen LogP contribution is 2.34. The van der Waals surface area contributed by atoms with Crippen molar-refractivity contribution in [2.24, 2.45) is 17.8 Å². The molecule has 1 heterocycles. The van der Waals surface area contributed by atoms with Gasteiger partial charge in [0.1, 0.15) is 0 Å². The fourth-order valence-electron chi connectivity index (χ4n) is 2.76. The number of rotatable bonds is 5. The molecule has 3 nitrogen and oxygen atoms in total. The summed E-state index contributed by atoms with van der Waals surface area (Å²) in [6.45, 7) is 4.04. The number of carbonyl (C=O) groups is 1. The van der Waals surface area contributed by atoms with E-state index in [1.54, 1.807) is 0 Å². The third-order valence-electron chi connectivity index (χ3n) is 4.52. The van der Waals surface area contributed by atoms with Gasteiger partial charge in [0.2, 0.25) is 5.91 Å². The van der Waals surface area contributed by atoms with E-state index in [1.165, 1.54) is 5.56 Å². The number of hydrogen-bond donors (Lipinski definition) is 2. The van der Waals surface area contributed by atoms with Crippen molar-refractivity contribution in [1.82, 2.24) is 10.6 Å². The predicted molar refractivity (Wildman–Crippen MR) is 75.7 cm³/mol. The summed E-state index contributed by atoms with van der Waals surface area (Å²) in [6.07, 6.45) is 2.22. The number of carbonyl (C=O) groups excluding carboxylic acids is 1. The van der Waals surface area contributed by atoms with E-state index in [9.17, 15) is 4.79 Å². The van der Waals surface area contributed by atoms with Crippen molar-refractivity contribution < 1.29 is 4.79 Å². The van der Waals surface area contributed by atoms with E-state index in [0.717, 1.165) is 25.9 Å². The topological polar surface area (TPSA) is 41.1 Å². The molecule has 3 heteroatoms. The molecular formula is C16H22N2O. The van der Waals surface area contributed by atoms with E-state index in [2.05, 4.69) is 41.8 Å². The third-order valence-corrected chi connectivity index (χ3v) is 4.52. The van der Waals surface area contributed by atoms with Crippen LogP contribution < -0.4 is 10.6 Å². The lowest BCUT2D eigenvalue weighted by Gasteiger charge is -2.31. The van der Waals surface area contributed by atoms with Gasteiger partial charge in [-0.2, -0.15) is 0 Å². The summed E-state index contributed by atoms with van der Waals surface area (Å²) in [7, 11) is 0. The van der Waals surface area contributed by atoms with Gasteiger partial charge in [-0.15, -0.1) is 0 Å². The Bertz CT molecular complexity index is 441. The van der Waals surface area contributed by atoms with Crippen LogP contribution in [0.3, 0.4) is 0 Å². The zero-order valence-corrected chi connectivity index (χ0v) is 11.4. The van der Waals surface area contributed by atoms with E-state index in [-0.39, 0.29) is 11.8 Å². The van der Waals surface area contributed by atoms with Crippen molar-refractivity contribution in [1.29, 1.82) is 0 Å². The van der Waals surface area contributed by atoms with E-state index in [0.29, 0.717) is 17.9 Å². The Hall–Kier alpha value is -1.35. The molecule has 1 aromatic carbocycles. The van der Waals surface area contributed by atoms with Gasteiger partial charge in [-0.05, 0) is 43.3 Å². The molecular weight excluding hydrogens is 236 g/mol. The minimum absolute atomic E-state index is 0.152. The van der Waals surface area contributed by atoms with Crippen LogP contribution in [0.1, 0.15) is 18.9 Å². The van der Waals surface area contributed by atoms with Crippen LogP contribution in [0.25, 0.3) is 0 Å². The third kappa shape index (κ3) is 2.98. The number of benzene rings is 1. The van der Waals surface area contributed by atoms with Gasteiger partial charge in [-0.3, -0.25) is 4.79 Å². The van der Waals surface area contributed by atoms with E-state index in [4.69, 9.17) is 0 Å². The number of hydrogen-bond acceptors (Lipinski definition) is 2. The summed E-state index contributed by atoms with van der Waals surface area (Å²) in [5.41, 5.74) is 1.38. The Morgan fingerprint density at radius 2 is 2.11 bits per heavy atom. The van der Waals surface area contributed by atoms with Gasteiger partial charge in [0.25, 0.3) is 0 Å². The maximum absolute atomic E-state index is 12.1. The molecule has 19 heavy (non-hydrogen) atoms. The van der Waals surface area contributed by atoms with E-state index in [1.807, 2.05) is 6.07 Å². The first-order valence-electron chi connectivity index (χ1n) is 7.29. The van der Waals surface area contributed by atoms with Gasteiger partial charge in [-0.1, -0.05) is 37.3 Å². The molecule has 2 N–H and O–H groups in total. The van der Waals surface area contributed by atoms with E-state index >= 15 is 0 Å². The van der Waals surface area contributed by atoms with Gasteiger partial charge in [0, 0.05) is 12.0 Å². The second-order valence-corrected chi connectivity index (χ2v) is 6.01. The lowest BCUT2D eigenvalue weighted by Crippen LogP contribution is -2.50. The van der Waals surface area contributed by atoms with E-state index < -0.39 is 0 Å². The molecule has 1 aliphatic carbocycles. The first-order chi connectivity index (χ1) is 9.24. The van der Waals surface area contributed by atoms with Crippen LogP contribution in [0.4, 0.5) is 0 Å². The second-order valence-electron chi connectivity index (χ2n) is 6.01. The predicted octanol–water partition coefficient (Wildman–Crippen LogP) is 1.59. The summed E-state index contributed by atoms with van der Waals surface area (Å²) in [4.78, 5) is 12.1. The summed E-state index contributed by atoms with van der Waals surface area (Å²) in [5.74, 6) is 1.57. The minimum Gasteiger partial charge on any atom is -0.353 e. The normalized spacial score (nSPS) is 27.4. The molecule has 0 bridgehead atoms. The first kappa shape index (κ1) is 12.7. The number of amides is 1. The zero-order chi connectivity index (χ0) is 13.2. The lowest BCUT2D eigenvalue weighted by atomic mass is 9.88. The molecule has 3 unspecified atom stereocenters. The fourth-order valence-corrected chi connectivity index (χ4v) is 2.76. The second kappa shape index (κ2) is 5.33. The quantitative estimate of drug-likeness (QED) is 0.842. The van der Waals surface area contributed by atoms with Crippen molar-refractivity contribution in [3.63, 3.8) is 0 Å². The van der Waals surface area contributed by atoms with Gasteiger partial charge in [0.05, 0.1) is 0 Å². The molecule has 0 aromatic heterocycles. The monoisotopic (exact) mass is 258 g/mol. The summed E-state index contributed by atoms with van der Waals surface area (Å²) in [6, 6.07) is 10.9. The average Bonchev–Trinajstić information content (AvgIpc) is 3.06. The molecule has 0 radical (unpaired) electrons. The van der Waals surface area contributed by atoms with Crippen LogP contribution in [0.15, 0.2) is 30.3 Å². The van der Waals surface area contributed by atoms with Crippen molar-refractivity contribution in [2.75, 3.05) is 13.1 Å². The molecule has 2 aliphatic rings. The summed E-state index contributed by atoms with van der Waals surface area (Å²) in [5, 5.41) is 6.43.